The second-order valence-corrected chi connectivity index (χ2v) is 4.14. The van der Waals surface area contributed by atoms with Crippen LogP contribution in [0.2, 0.25) is 0 Å². The molecule has 0 fully saturated rings. The van der Waals surface area contributed by atoms with E-state index in [1.165, 1.54) is 0 Å². The molecule has 3 aromatic rings. The summed E-state index contributed by atoms with van der Waals surface area (Å²) in [5.74, 6) is 1.45. The van der Waals surface area contributed by atoms with E-state index in [1.54, 1.807) is 6.20 Å². The number of aryl methyl sites for hydroxylation is 1. The lowest BCUT2D eigenvalue weighted by atomic mass is 10.2. The third-order valence-electron chi connectivity index (χ3n) is 3.01. The Kier molecular flexibility index (Phi) is 2.44. The second kappa shape index (κ2) is 4.10. The molecule has 1 aromatic carbocycles. The molecular formula is C13H13N5. The van der Waals surface area contributed by atoms with Crippen LogP contribution in [-0.4, -0.2) is 25.0 Å². The van der Waals surface area contributed by atoms with Crippen LogP contribution in [0.5, 0.6) is 0 Å². The van der Waals surface area contributed by atoms with Crippen LogP contribution in [0.25, 0.3) is 22.8 Å². The zero-order valence-electron chi connectivity index (χ0n) is 10.3. The van der Waals surface area contributed by atoms with E-state index in [0.717, 1.165) is 22.6 Å². The Morgan fingerprint density at radius 3 is 2.61 bits per heavy atom. The van der Waals surface area contributed by atoms with Crippen molar-refractivity contribution in [3.63, 3.8) is 0 Å². The molecule has 0 aliphatic carbocycles. The lowest BCUT2D eigenvalue weighted by Gasteiger charge is -1.95. The highest BCUT2D eigenvalue weighted by Gasteiger charge is 2.12. The third kappa shape index (κ3) is 1.69. The summed E-state index contributed by atoms with van der Waals surface area (Å²) in [6.07, 6.45) is 1.80. The van der Waals surface area contributed by atoms with Gasteiger partial charge in [0.05, 0.1) is 11.8 Å². The molecule has 90 valence electrons. The Bertz CT molecular complexity index is 666. The van der Waals surface area contributed by atoms with Crippen LogP contribution in [0.4, 0.5) is 0 Å². The number of rotatable bonds is 2. The molecular weight excluding hydrogens is 226 g/mol. The van der Waals surface area contributed by atoms with Gasteiger partial charge in [0.25, 0.3) is 0 Å². The van der Waals surface area contributed by atoms with Crippen molar-refractivity contribution in [1.82, 2.24) is 25.0 Å². The standard InChI is InChI=1S/C13H13N5/c1-9-11(8-14-18(9)2)13-15-12(16-17-13)10-6-4-3-5-7-10/h3-8H,1-2H3,(H,15,16,17). The summed E-state index contributed by atoms with van der Waals surface area (Å²) in [4.78, 5) is 4.50. The summed E-state index contributed by atoms with van der Waals surface area (Å²) < 4.78 is 1.82. The molecule has 0 spiro atoms. The van der Waals surface area contributed by atoms with Crippen molar-refractivity contribution in [3.8, 4) is 22.8 Å². The Morgan fingerprint density at radius 1 is 1.17 bits per heavy atom. The first-order valence-electron chi connectivity index (χ1n) is 5.72. The highest BCUT2D eigenvalue weighted by molar-refractivity contribution is 5.61. The van der Waals surface area contributed by atoms with Gasteiger partial charge in [-0.2, -0.15) is 10.2 Å². The Morgan fingerprint density at radius 2 is 1.94 bits per heavy atom. The molecule has 0 bridgehead atoms. The highest BCUT2D eigenvalue weighted by Crippen LogP contribution is 2.21. The number of hydrogen-bond donors (Lipinski definition) is 1. The molecule has 3 rings (SSSR count). The van der Waals surface area contributed by atoms with Crippen LogP contribution >= 0.6 is 0 Å². The molecule has 0 radical (unpaired) electrons. The maximum atomic E-state index is 4.50. The largest absolute Gasteiger partial charge is 0.272 e. The summed E-state index contributed by atoms with van der Waals surface area (Å²) in [6, 6.07) is 9.90. The summed E-state index contributed by atoms with van der Waals surface area (Å²) in [5, 5.41) is 11.4. The zero-order valence-corrected chi connectivity index (χ0v) is 10.3. The lowest BCUT2D eigenvalue weighted by Crippen LogP contribution is -1.92. The van der Waals surface area contributed by atoms with Crippen molar-refractivity contribution >= 4 is 0 Å². The molecule has 1 N–H and O–H groups in total. The molecule has 5 heteroatoms. The zero-order chi connectivity index (χ0) is 12.5. The number of nitrogens with zero attached hydrogens (tertiary/aromatic N) is 4. The molecule has 0 aliphatic rings. The van der Waals surface area contributed by atoms with Gasteiger partial charge < -0.3 is 0 Å². The summed E-state index contributed by atoms with van der Waals surface area (Å²) >= 11 is 0. The first-order valence-corrected chi connectivity index (χ1v) is 5.72. The molecule has 0 atom stereocenters. The van der Waals surface area contributed by atoms with E-state index in [1.807, 2.05) is 49.0 Å². The number of aromatic amines is 1. The summed E-state index contributed by atoms with van der Waals surface area (Å²) in [7, 11) is 1.91. The van der Waals surface area contributed by atoms with Crippen LogP contribution in [0.1, 0.15) is 5.69 Å². The molecule has 0 unspecified atom stereocenters. The Balaban J connectivity index is 2.02. The van der Waals surface area contributed by atoms with Gasteiger partial charge in [-0.25, -0.2) is 4.98 Å². The Labute approximate surface area is 104 Å². The van der Waals surface area contributed by atoms with Crippen LogP contribution < -0.4 is 0 Å². The van der Waals surface area contributed by atoms with E-state index in [0.29, 0.717) is 5.82 Å². The molecule has 18 heavy (non-hydrogen) atoms. The number of benzene rings is 1. The molecule has 2 aromatic heterocycles. The van der Waals surface area contributed by atoms with Gasteiger partial charge in [-0.1, -0.05) is 30.3 Å². The van der Waals surface area contributed by atoms with E-state index < -0.39 is 0 Å². The first kappa shape index (κ1) is 10.7. The monoisotopic (exact) mass is 239 g/mol. The summed E-state index contributed by atoms with van der Waals surface area (Å²) in [6.45, 7) is 2.01. The van der Waals surface area contributed by atoms with Crippen LogP contribution in [0.15, 0.2) is 36.5 Å². The topological polar surface area (TPSA) is 59.4 Å². The van der Waals surface area contributed by atoms with Gasteiger partial charge in [0.15, 0.2) is 11.6 Å². The van der Waals surface area contributed by atoms with Gasteiger partial charge in [-0.3, -0.25) is 9.78 Å². The normalized spacial score (nSPS) is 10.8. The molecule has 5 nitrogen and oxygen atoms in total. The van der Waals surface area contributed by atoms with Crippen molar-refractivity contribution in [1.29, 1.82) is 0 Å². The number of H-pyrrole nitrogens is 1. The summed E-state index contributed by atoms with van der Waals surface area (Å²) in [5.41, 5.74) is 3.04. The fourth-order valence-electron chi connectivity index (χ4n) is 1.83. The molecule has 0 saturated carbocycles. The van der Waals surface area contributed by atoms with Crippen molar-refractivity contribution in [2.45, 2.75) is 6.92 Å². The minimum atomic E-state index is 0.703. The van der Waals surface area contributed by atoms with Gasteiger partial charge in [-0.15, -0.1) is 0 Å². The first-order chi connectivity index (χ1) is 8.75. The molecule has 0 amide bonds. The SMILES string of the molecule is Cc1c(-c2nc(-c3ccccc3)n[nH]2)cnn1C. The van der Waals surface area contributed by atoms with Crippen LogP contribution in [-0.2, 0) is 7.05 Å². The average Bonchev–Trinajstić information content (AvgIpc) is 3.00. The number of nitrogens with one attached hydrogen (secondary N) is 1. The minimum absolute atomic E-state index is 0.703. The van der Waals surface area contributed by atoms with E-state index in [-0.39, 0.29) is 0 Å². The fourth-order valence-corrected chi connectivity index (χ4v) is 1.83. The van der Waals surface area contributed by atoms with Gasteiger partial charge in [-0.05, 0) is 6.92 Å². The predicted molar refractivity (Wildman–Crippen MR) is 68.8 cm³/mol. The highest BCUT2D eigenvalue weighted by atomic mass is 15.3. The average molecular weight is 239 g/mol. The van der Waals surface area contributed by atoms with Crippen molar-refractivity contribution in [2.75, 3.05) is 0 Å². The van der Waals surface area contributed by atoms with Gasteiger partial charge in [0.1, 0.15) is 0 Å². The van der Waals surface area contributed by atoms with E-state index >= 15 is 0 Å². The Hall–Kier alpha value is -2.43. The second-order valence-electron chi connectivity index (χ2n) is 4.14. The van der Waals surface area contributed by atoms with Gasteiger partial charge in [0, 0.05) is 18.3 Å². The van der Waals surface area contributed by atoms with Gasteiger partial charge in [0.2, 0.25) is 0 Å². The van der Waals surface area contributed by atoms with Crippen LogP contribution in [0, 0.1) is 6.92 Å². The maximum absolute atomic E-state index is 4.50. The van der Waals surface area contributed by atoms with Crippen molar-refractivity contribution < 1.29 is 0 Å². The van der Waals surface area contributed by atoms with E-state index in [4.69, 9.17) is 0 Å². The minimum Gasteiger partial charge on any atom is -0.272 e. The quantitative estimate of drug-likeness (QED) is 0.745. The lowest BCUT2D eigenvalue weighted by molar-refractivity contribution is 0.740. The van der Waals surface area contributed by atoms with Gasteiger partial charge >= 0.3 is 0 Å². The number of hydrogen-bond acceptors (Lipinski definition) is 3. The molecule has 2 heterocycles. The van der Waals surface area contributed by atoms with E-state index in [2.05, 4.69) is 20.3 Å². The third-order valence-corrected chi connectivity index (χ3v) is 3.01. The fraction of sp³-hybridized carbons (Fsp3) is 0.154. The molecule has 0 saturated heterocycles. The smallest absolute Gasteiger partial charge is 0.181 e. The number of aromatic nitrogens is 5. The maximum Gasteiger partial charge on any atom is 0.181 e. The molecule has 0 aliphatic heterocycles. The van der Waals surface area contributed by atoms with E-state index in [9.17, 15) is 0 Å². The van der Waals surface area contributed by atoms with Crippen molar-refractivity contribution in [2.24, 2.45) is 7.05 Å². The predicted octanol–water partition coefficient (Wildman–Crippen LogP) is 2.18. The van der Waals surface area contributed by atoms with Crippen molar-refractivity contribution in [3.05, 3.63) is 42.2 Å². The van der Waals surface area contributed by atoms with Crippen LogP contribution in [0.3, 0.4) is 0 Å².